The Morgan fingerprint density at radius 3 is 2.45 bits per heavy atom. The molecule has 0 radical (unpaired) electrons. The summed E-state index contributed by atoms with van der Waals surface area (Å²) in [7, 11) is -3.72. The summed E-state index contributed by atoms with van der Waals surface area (Å²) in [6.07, 6.45) is 1.22. The lowest BCUT2D eigenvalue weighted by molar-refractivity contribution is -0.384. The molecule has 4 rings (SSSR count). The van der Waals surface area contributed by atoms with Crippen LogP contribution in [-0.2, 0) is 10.0 Å². The van der Waals surface area contributed by atoms with Gasteiger partial charge in [0.1, 0.15) is 0 Å². The van der Waals surface area contributed by atoms with Crippen LogP contribution in [0.15, 0.2) is 29.2 Å². The topological polar surface area (TPSA) is 101 Å². The van der Waals surface area contributed by atoms with Crippen molar-refractivity contribution in [3.8, 4) is 0 Å². The third kappa shape index (κ3) is 1.77. The van der Waals surface area contributed by atoms with Gasteiger partial charge < -0.3 is 5.11 Å². The van der Waals surface area contributed by atoms with E-state index in [-0.39, 0.29) is 28.5 Å². The summed E-state index contributed by atoms with van der Waals surface area (Å²) in [5.41, 5.74) is -0.138. The first kappa shape index (κ1) is 14.1. The quantitative estimate of drug-likeness (QED) is 0.660. The van der Waals surface area contributed by atoms with E-state index in [0.717, 1.165) is 12.8 Å². The van der Waals surface area contributed by atoms with Crippen molar-refractivity contribution in [3.63, 3.8) is 0 Å². The lowest BCUT2D eigenvalue weighted by Gasteiger charge is -2.28. The van der Waals surface area contributed by atoms with Crippen LogP contribution >= 0.6 is 0 Å². The van der Waals surface area contributed by atoms with E-state index in [2.05, 4.69) is 0 Å². The number of benzene rings is 1. The van der Waals surface area contributed by atoms with Gasteiger partial charge in [-0.05, 0) is 42.7 Å². The number of hydrogen-bond donors (Lipinski definition) is 1. The first-order valence-corrected chi connectivity index (χ1v) is 8.78. The summed E-state index contributed by atoms with van der Waals surface area (Å²) in [5.74, 6) is 0.816. The van der Waals surface area contributed by atoms with Gasteiger partial charge in [0.25, 0.3) is 5.69 Å². The van der Waals surface area contributed by atoms with Gasteiger partial charge in [-0.2, -0.15) is 4.31 Å². The molecule has 0 amide bonds. The molecule has 2 bridgehead atoms. The van der Waals surface area contributed by atoms with Gasteiger partial charge in [0, 0.05) is 18.7 Å². The van der Waals surface area contributed by atoms with Crippen molar-refractivity contribution in [1.82, 2.24) is 4.31 Å². The maximum atomic E-state index is 12.8. The Morgan fingerprint density at radius 1 is 1.18 bits per heavy atom. The molecule has 0 spiro atoms. The van der Waals surface area contributed by atoms with Gasteiger partial charge in [-0.3, -0.25) is 10.1 Å². The minimum absolute atomic E-state index is 0.0510. The second-order valence-corrected chi connectivity index (χ2v) is 8.35. The monoisotopic (exact) mass is 324 g/mol. The van der Waals surface area contributed by atoms with Gasteiger partial charge >= 0.3 is 0 Å². The van der Waals surface area contributed by atoms with Gasteiger partial charge in [0.15, 0.2) is 0 Å². The minimum atomic E-state index is -3.72. The van der Waals surface area contributed by atoms with Crippen LogP contribution in [0.3, 0.4) is 0 Å². The van der Waals surface area contributed by atoms with Gasteiger partial charge in [-0.15, -0.1) is 0 Å². The number of fused-ring (bicyclic) bond motifs is 1. The number of non-ortho nitro benzene ring substituents is 1. The molecule has 2 saturated carbocycles. The SMILES string of the molecule is O=[N+]([O-])c1ccc(S(=O)(=O)N2C[C@@H]3C[C@H]4C[C@H]3[C@@H]2[C@H]4O)cc1. The fourth-order valence-corrected chi connectivity index (χ4v) is 6.25. The molecule has 0 unspecified atom stereocenters. The Hall–Kier alpha value is -1.51. The fourth-order valence-electron chi connectivity index (χ4n) is 4.51. The van der Waals surface area contributed by atoms with E-state index in [4.69, 9.17) is 0 Å². The minimum Gasteiger partial charge on any atom is -0.391 e. The number of rotatable bonds is 3. The largest absolute Gasteiger partial charge is 0.391 e. The molecule has 1 aromatic carbocycles. The number of hydrogen-bond acceptors (Lipinski definition) is 5. The first-order chi connectivity index (χ1) is 10.4. The molecule has 22 heavy (non-hydrogen) atoms. The van der Waals surface area contributed by atoms with Crippen LogP contribution in [0.4, 0.5) is 5.69 Å². The Bertz CT molecular complexity index is 730. The Kier molecular flexibility index (Phi) is 2.88. The van der Waals surface area contributed by atoms with Gasteiger partial charge in [-0.1, -0.05) is 0 Å². The molecular formula is C14H16N2O5S. The van der Waals surface area contributed by atoms with Gasteiger partial charge in [-0.25, -0.2) is 8.42 Å². The van der Waals surface area contributed by atoms with Crippen LogP contribution in [0.1, 0.15) is 12.8 Å². The van der Waals surface area contributed by atoms with E-state index >= 15 is 0 Å². The summed E-state index contributed by atoms with van der Waals surface area (Å²) in [5, 5.41) is 21.0. The van der Waals surface area contributed by atoms with E-state index in [1.54, 1.807) is 0 Å². The smallest absolute Gasteiger partial charge is 0.269 e. The lowest BCUT2D eigenvalue weighted by atomic mass is 9.88. The van der Waals surface area contributed by atoms with E-state index in [9.17, 15) is 23.6 Å². The average Bonchev–Trinajstić information content (AvgIpc) is 3.09. The third-order valence-corrected chi connectivity index (χ3v) is 7.34. The zero-order valence-electron chi connectivity index (χ0n) is 11.7. The number of sulfonamides is 1. The fraction of sp³-hybridized carbons (Fsp3) is 0.571. The van der Waals surface area contributed by atoms with Crippen LogP contribution < -0.4 is 0 Å². The van der Waals surface area contributed by atoms with Crippen molar-refractivity contribution in [2.24, 2.45) is 17.8 Å². The highest BCUT2D eigenvalue weighted by atomic mass is 32.2. The number of aliphatic hydroxyl groups is 1. The predicted octanol–water partition coefficient (Wildman–Crippen LogP) is 0.985. The van der Waals surface area contributed by atoms with Gasteiger partial charge in [0.05, 0.1) is 22.0 Å². The van der Waals surface area contributed by atoms with Crippen LogP contribution in [0.25, 0.3) is 0 Å². The highest BCUT2D eigenvalue weighted by Gasteiger charge is 2.61. The first-order valence-electron chi connectivity index (χ1n) is 7.34. The Balaban J connectivity index is 1.68. The molecule has 118 valence electrons. The molecule has 1 aromatic rings. The summed E-state index contributed by atoms with van der Waals surface area (Å²) < 4.78 is 27.0. The van der Waals surface area contributed by atoms with E-state index in [1.807, 2.05) is 0 Å². The molecule has 7 nitrogen and oxygen atoms in total. The lowest BCUT2D eigenvalue weighted by Crippen LogP contribution is -2.43. The van der Waals surface area contributed by atoms with Crippen molar-refractivity contribution in [1.29, 1.82) is 0 Å². The molecular weight excluding hydrogens is 308 g/mol. The van der Waals surface area contributed by atoms with Crippen molar-refractivity contribution < 1.29 is 18.4 Å². The molecule has 0 aromatic heterocycles. The van der Waals surface area contributed by atoms with Crippen molar-refractivity contribution in [2.75, 3.05) is 6.54 Å². The molecule has 1 N–H and O–H groups in total. The van der Waals surface area contributed by atoms with Crippen molar-refractivity contribution in [3.05, 3.63) is 34.4 Å². The second-order valence-electron chi connectivity index (χ2n) is 6.46. The zero-order chi connectivity index (χ0) is 15.6. The zero-order valence-corrected chi connectivity index (χ0v) is 12.5. The standard InChI is InChI=1S/C14H16N2O5S/c17-14-8-5-9-7-15(13(14)12(9)6-8)22(20,21)11-3-1-10(2-4-11)16(18)19/h1-4,8-9,12-14,17H,5-7H2/t8-,9-,12+,13+,14-/m0/s1. The van der Waals surface area contributed by atoms with Gasteiger partial charge in [0.2, 0.25) is 10.0 Å². The molecule has 5 atom stereocenters. The molecule has 1 aliphatic heterocycles. The van der Waals surface area contributed by atoms with E-state index in [0.29, 0.717) is 12.5 Å². The summed E-state index contributed by atoms with van der Waals surface area (Å²) in [6.45, 7) is 0.447. The maximum absolute atomic E-state index is 12.8. The van der Waals surface area contributed by atoms with Crippen LogP contribution in [0, 0.1) is 27.9 Å². The third-order valence-electron chi connectivity index (χ3n) is 5.46. The Morgan fingerprint density at radius 2 is 1.86 bits per heavy atom. The van der Waals surface area contributed by atoms with Crippen molar-refractivity contribution >= 4 is 15.7 Å². The summed E-state index contributed by atoms with van der Waals surface area (Å²) in [4.78, 5) is 10.2. The van der Waals surface area contributed by atoms with E-state index < -0.39 is 21.1 Å². The molecule has 3 aliphatic rings. The summed E-state index contributed by atoms with van der Waals surface area (Å²) in [6, 6.07) is 4.61. The number of nitro groups is 1. The van der Waals surface area contributed by atoms with Crippen LogP contribution in [0.5, 0.6) is 0 Å². The molecule has 1 heterocycles. The van der Waals surface area contributed by atoms with Crippen LogP contribution in [-0.4, -0.2) is 41.4 Å². The second kappa shape index (κ2) is 4.50. The average molecular weight is 324 g/mol. The number of aliphatic hydroxyl groups excluding tert-OH is 1. The Labute approximate surface area is 127 Å². The van der Waals surface area contributed by atoms with E-state index in [1.165, 1.54) is 28.6 Å². The molecule has 1 saturated heterocycles. The molecule has 8 heteroatoms. The predicted molar refractivity (Wildman–Crippen MR) is 76.5 cm³/mol. The molecule has 2 aliphatic carbocycles. The van der Waals surface area contributed by atoms with Crippen LogP contribution in [0.2, 0.25) is 0 Å². The number of nitro benzene ring substituents is 1. The highest BCUT2D eigenvalue weighted by molar-refractivity contribution is 7.89. The maximum Gasteiger partial charge on any atom is 0.269 e. The normalized spacial score (nSPS) is 36.9. The summed E-state index contributed by atoms with van der Waals surface area (Å²) >= 11 is 0. The highest BCUT2D eigenvalue weighted by Crippen LogP contribution is 2.56. The van der Waals surface area contributed by atoms with Crippen molar-refractivity contribution in [2.45, 2.75) is 29.9 Å². The number of nitrogens with zero attached hydrogens (tertiary/aromatic N) is 2. The molecule has 3 fully saturated rings.